The fourth-order valence-electron chi connectivity index (χ4n) is 4.26. The van der Waals surface area contributed by atoms with E-state index in [1.807, 2.05) is 41.3 Å². The number of carbonyl (C=O) groups excluding carboxylic acids is 1. The summed E-state index contributed by atoms with van der Waals surface area (Å²) in [6.45, 7) is 5.04. The average Bonchev–Trinajstić information content (AvgIpc) is 3.25. The number of morpholine rings is 1. The quantitative estimate of drug-likeness (QED) is 0.432. The van der Waals surface area contributed by atoms with Gasteiger partial charge in [0, 0.05) is 42.7 Å². The van der Waals surface area contributed by atoms with E-state index in [9.17, 15) is 14.4 Å². The van der Waals surface area contributed by atoms with Crippen LogP contribution in [0.3, 0.4) is 0 Å². The zero-order valence-electron chi connectivity index (χ0n) is 20.4. The fraction of sp³-hybridized carbons (Fsp3) is 0.370. The van der Waals surface area contributed by atoms with Crippen LogP contribution in [-0.2, 0) is 25.5 Å². The molecule has 10 heteroatoms. The van der Waals surface area contributed by atoms with Crippen molar-refractivity contribution >= 4 is 34.0 Å². The first-order valence-corrected chi connectivity index (χ1v) is 12.8. The lowest BCUT2D eigenvalue weighted by molar-refractivity contribution is -0.134. The molecule has 1 amide bonds. The van der Waals surface area contributed by atoms with Crippen molar-refractivity contribution in [2.24, 2.45) is 0 Å². The predicted molar refractivity (Wildman–Crippen MR) is 140 cm³/mol. The number of nitrogens with zero attached hydrogens (tertiary/aromatic N) is 2. The largest absolute Gasteiger partial charge is 0.478 e. The number of carboxylic acid groups (broad SMARTS) is 2. The lowest BCUT2D eigenvalue weighted by Crippen LogP contribution is -2.39. The van der Waals surface area contributed by atoms with E-state index in [4.69, 9.17) is 19.7 Å². The van der Waals surface area contributed by atoms with Gasteiger partial charge in [0.1, 0.15) is 6.10 Å². The van der Waals surface area contributed by atoms with Gasteiger partial charge in [-0.05, 0) is 23.6 Å². The summed E-state index contributed by atoms with van der Waals surface area (Å²) in [5, 5.41) is 15.6. The van der Waals surface area contributed by atoms with Gasteiger partial charge in [-0.1, -0.05) is 64.5 Å². The summed E-state index contributed by atoms with van der Waals surface area (Å²) in [6.07, 6.45) is 2.38. The van der Waals surface area contributed by atoms with Gasteiger partial charge in [0.25, 0.3) is 0 Å². The number of hydrogen-bond donors (Lipinski definition) is 2. The molecule has 2 aliphatic heterocycles. The third-order valence-corrected chi connectivity index (χ3v) is 6.83. The van der Waals surface area contributed by atoms with Crippen LogP contribution < -0.4 is 0 Å². The molecule has 4 rings (SSSR count). The Morgan fingerprint density at radius 3 is 2.24 bits per heavy atom. The Labute approximate surface area is 224 Å². The van der Waals surface area contributed by atoms with Crippen molar-refractivity contribution in [3.8, 4) is 0 Å². The van der Waals surface area contributed by atoms with Gasteiger partial charge in [0.2, 0.25) is 0 Å². The maximum Gasteiger partial charge on any atom is 0.410 e. The van der Waals surface area contributed by atoms with Crippen molar-refractivity contribution in [2.75, 3.05) is 39.4 Å². The van der Waals surface area contributed by atoms with Gasteiger partial charge in [-0.3, -0.25) is 9.80 Å². The minimum atomic E-state index is -1.26. The number of cyclic esters (lactones) is 1. The van der Waals surface area contributed by atoms with Gasteiger partial charge >= 0.3 is 18.0 Å². The van der Waals surface area contributed by atoms with E-state index in [-0.39, 0.29) is 18.2 Å². The number of ether oxygens (including phenoxy) is 2. The lowest BCUT2D eigenvalue weighted by atomic mass is 10.0. The smallest absolute Gasteiger partial charge is 0.410 e. The molecular weight excluding hydrogens is 544 g/mol. The molecule has 2 unspecified atom stereocenters. The van der Waals surface area contributed by atoms with E-state index in [2.05, 4.69) is 39.0 Å². The van der Waals surface area contributed by atoms with Gasteiger partial charge in [-0.15, -0.1) is 0 Å². The molecule has 2 N–H and O–H groups in total. The number of amides is 1. The molecule has 0 radical (unpaired) electrons. The molecular formula is C27H31BrN2O7. The second-order valence-electron chi connectivity index (χ2n) is 8.63. The van der Waals surface area contributed by atoms with Crippen LogP contribution in [-0.4, -0.2) is 83.5 Å². The molecule has 2 aromatic rings. The second-order valence-corrected chi connectivity index (χ2v) is 9.49. The Kier molecular flexibility index (Phi) is 11.1. The van der Waals surface area contributed by atoms with Crippen LogP contribution in [0.5, 0.6) is 0 Å². The zero-order chi connectivity index (χ0) is 26.6. The normalized spacial score (nSPS) is 18.7. The molecule has 0 aromatic heterocycles. The number of carbonyl (C=O) groups is 3. The van der Waals surface area contributed by atoms with E-state index in [0.29, 0.717) is 25.1 Å². The summed E-state index contributed by atoms with van der Waals surface area (Å²) in [4.78, 5) is 36.2. The summed E-state index contributed by atoms with van der Waals surface area (Å²) in [6, 6.07) is 18.5. The predicted octanol–water partition coefficient (Wildman–Crippen LogP) is 3.99. The highest BCUT2D eigenvalue weighted by Gasteiger charge is 2.37. The van der Waals surface area contributed by atoms with E-state index in [0.717, 1.165) is 49.3 Å². The number of aliphatic carboxylic acids is 2. The standard InChI is InChI=1S/C23H27BrN2O3.C4H4O4/c24-21-9-5-4-8-19(21)16-20-17-26(23(27)29-20)22(18-6-2-1-3-7-18)10-11-25-12-14-28-15-13-25;5-3(6)1-2-4(7)8/h1-9,20,22H,10-17H2;1-2H,(H,5,6)(H,7,8)/b;2-1+. The highest BCUT2D eigenvalue weighted by atomic mass is 79.9. The number of hydrogen-bond acceptors (Lipinski definition) is 6. The van der Waals surface area contributed by atoms with Crippen LogP contribution in [0.1, 0.15) is 23.6 Å². The van der Waals surface area contributed by atoms with Crippen molar-refractivity contribution in [3.63, 3.8) is 0 Å². The van der Waals surface area contributed by atoms with Crippen LogP contribution in [0.15, 0.2) is 71.2 Å². The minimum absolute atomic E-state index is 0.0239. The molecule has 2 atom stereocenters. The fourth-order valence-corrected chi connectivity index (χ4v) is 4.71. The Morgan fingerprint density at radius 2 is 1.62 bits per heavy atom. The van der Waals surface area contributed by atoms with Gasteiger partial charge in [-0.25, -0.2) is 14.4 Å². The monoisotopic (exact) mass is 574 g/mol. The molecule has 2 saturated heterocycles. The average molecular weight is 575 g/mol. The van der Waals surface area contributed by atoms with E-state index in [1.54, 1.807) is 0 Å². The molecule has 2 heterocycles. The molecule has 2 fully saturated rings. The molecule has 0 saturated carbocycles. The van der Waals surface area contributed by atoms with Crippen LogP contribution in [0.2, 0.25) is 0 Å². The van der Waals surface area contributed by atoms with Crippen molar-refractivity contribution < 1.29 is 34.1 Å². The molecule has 9 nitrogen and oxygen atoms in total. The molecule has 37 heavy (non-hydrogen) atoms. The van der Waals surface area contributed by atoms with Crippen LogP contribution in [0.25, 0.3) is 0 Å². The van der Waals surface area contributed by atoms with Crippen molar-refractivity contribution in [2.45, 2.75) is 25.0 Å². The molecule has 0 aliphatic carbocycles. The lowest BCUT2D eigenvalue weighted by Gasteiger charge is -2.31. The first kappa shape index (κ1) is 28.4. The Balaban J connectivity index is 0.000000414. The maximum absolute atomic E-state index is 12.8. The maximum atomic E-state index is 12.8. The van der Waals surface area contributed by atoms with Crippen molar-refractivity contribution in [1.82, 2.24) is 9.80 Å². The minimum Gasteiger partial charge on any atom is -0.478 e. The van der Waals surface area contributed by atoms with Crippen molar-refractivity contribution in [1.29, 1.82) is 0 Å². The first-order valence-electron chi connectivity index (χ1n) is 12.0. The van der Waals surface area contributed by atoms with Crippen molar-refractivity contribution in [3.05, 3.63) is 82.3 Å². The first-order chi connectivity index (χ1) is 17.8. The Morgan fingerprint density at radius 1 is 1.00 bits per heavy atom. The third-order valence-electron chi connectivity index (χ3n) is 6.06. The zero-order valence-corrected chi connectivity index (χ0v) is 22.0. The molecule has 2 aliphatic rings. The van der Waals surface area contributed by atoms with Gasteiger partial charge < -0.3 is 19.7 Å². The van der Waals surface area contributed by atoms with Gasteiger partial charge in [-0.2, -0.15) is 0 Å². The Hall–Kier alpha value is -3.21. The van der Waals surface area contributed by atoms with Crippen LogP contribution >= 0.6 is 15.9 Å². The summed E-state index contributed by atoms with van der Waals surface area (Å²) in [7, 11) is 0. The summed E-state index contributed by atoms with van der Waals surface area (Å²) in [5.74, 6) is -2.51. The second kappa shape index (κ2) is 14.5. The van der Waals surface area contributed by atoms with E-state index >= 15 is 0 Å². The topological polar surface area (TPSA) is 117 Å². The number of benzene rings is 2. The summed E-state index contributed by atoms with van der Waals surface area (Å²) in [5.41, 5.74) is 2.33. The Bertz CT molecular complexity index is 1060. The van der Waals surface area contributed by atoms with E-state index in [1.165, 1.54) is 5.56 Å². The number of halogens is 1. The molecule has 0 spiro atoms. The highest BCUT2D eigenvalue weighted by molar-refractivity contribution is 9.10. The molecule has 198 valence electrons. The third kappa shape index (κ3) is 9.31. The van der Waals surface area contributed by atoms with Crippen LogP contribution in [0, 0.1) is 0 Å². The van der Waals surface area contributed by atoms with Gasteiger partial charge in [0.15, 0.2) is 0 Å². The summed E-state index contributed by atoms with van der Waals surface area (Å²) < 4.78 is 12.3. The van der Waals surface area contributed by atoms with Crippen LogP contribution in [0.4, 0.5) is 4.79 Å². The SMILES string of the molecule is O=C(O)/C=C/C(=O)O.O=C1OC(Cc2ccccc2Br)CN1C(CCN1CCOCC1)c1ccccc1. The van der Waals surface area contributed by atoms with Gasteiger partial charge in [0.05, 0.1) is 25.8 Å². The summed E-state index contributed by atoms with van der Waals surface area (Å²) >= 11 is 3.60. The number of rotatable bonds is 9. The highest BCUT2D eigenvalue weighted by Crippen LogP contribution is 2.31. The molecule has 0 bridgehead atoms. The molecule has 2 aromatic carbocycles. The van der Waals surface area contributed by atoms with E-state index < -0.39 is 11.9 Å². The number of carboxylic acids is 2.